The van der Waals surface area contributed by atoms with Crippen molar-refractivity contribution in [1.29, 1.82) is 0 Å². The van der Waals surface area contributed by atoms with Crippen LogP contribution in [-0.4, -0.2) is 29.4 Å². The summed E-state index contributed by atoms with van der Waals surface area (Å²) in [6, 6.07) is 7.20. The summed E-state index contributed by atoms with van der Waals surface area (Å²) in [7, 11) is 2.76. The molecule has 0 bridgehead atoms. The van der Waals surface area contributed by atoms with E-state index in [1.807, 2.05) is 19.1 Å². The zero-order valence-electron chi connectivity index (χ0n) is 14.4. The number of esters is 2. The molecule has 3 atom stereocenters. The number of alkyl halides is 2. The fourth-order valence-corrected chi connectivity index (χ4v) is 4.13. The Labute approximate surface area is 164 Å². The lowest BCUT2D eigenvalue weighted by molar-refractivity contribution is -0.150. The quantitative estimate of drug-likeness (QED) is 0.267. The number of carbonyl (C=O) groups is 2. The number of hydrogen-bond donors (Lipinski definition) is 0. The van der Waals surface area contributed by atoms with Gasteiger partial charge in [0.05, 0.1) is 29.6 Å². The Balaban J connectivity index is 2.26. The summed E-state index contributed by atoms with van der Waals surface area (Å²) >= 11 is 6.96. The number of hydrogen-bond acceptors (Lipinski definition) is 5. The van der Waals surface area contributed by atoms with Gasteiger partial charge in [0.2, 0.25) is 0 Å². The van der Waals surface area contributed by atoms with E-state index in [1.54, 1.807) is 19.1 Å². The molecule has 0 aromatic heterocycles. The smallest absolute Gasteiger partial charge is 0.341 e. The molecule has 0 radical (unpaired) electrons. The minimum absolute atomic E-state index is 0.140. The maximum atomic E-state index is 12.4. The number of methoxy groups -OCH3 is 2. The third-order valence-electron chi connectivity index (χ3n) is 4.29. The second-order valence-corrected chi connectivity index (χ2v) is 9.55. The van der Waals surface area contributed by atoms with Gasteiger partial charge in [-0.1, -0.05) is 63.0 Å². The van der Waals surface area contributed by atoms with Crippen molar-refractivity contribution < 1.29 is 23.8 Å². The fourth-order valence-electron chi connectivity index (χ4n) is 2.70. The average molecular weight is 476 g/mol. The Bertz CT molecular complexity index is 698. The zero-order valence-corrected chi connectivity index (χ0v) is 17.6. The molecule has 0 spiro atoms. The molecule has 0 amide bonds. The van der Waals surface area contributed by atoms with Crippen LogP contribution in [-0.2, 0) is 23.8 Å². The van der Waals surface area contributed by atoms with Gasteiger partial charge in [0.25, 0.3) is 0 Å². The largest absolute Gasteiger partial charge is 0.503 e. The molecule has 1 aliphatic rings. The first-order chi connectivity index (χ1) is 11.8. The lowest BCUT2D eigenvalue weighted by Gasteiger charge is -2.18. The first-order valence-electron chi connectivity index (χ1n) is 7.74. The fraction of sp³-hybridized carbons (Fsp3) is 0.444. The van der Waals surface area contributed by atoms with E-state index in [0.29, 0.717) is 11.1 Å². The highest BCUT2D eigenvalue weighted by Crippen LogP contribution is 2.62. The van der Waals surface area contributed by atoms with Gasteiger partial charge in [-0.2, -0.15) is 0 Å². The summed E-state index contributed by atoms with van der Waals surface area (Å²) in [5.41, 5.74) is 1.57. The third-order valence-corrected chi connectivity index (χ3v) is 6.72. The summed E-state index contributed by atoms with van der Waals surface area (Å²) < 4.78 is 15.1. The van der Waals surface area contributed by atoms with E-state index < -0.39 is 15.3 Å². The molecule has 0 heterocycles. The van der Waals surface area contributed by atoms with E-state index in [-0.39, 0.29) is 23.4 Å². The zero-order chi connectivity index (χ0) is 18.8. The van der Waals surface area contributed by atoms with Crippen molar-refractivity contribution in [2.45, 2.75) is 23.2 Å². The number of ether oxygens (including phenoxy) is 3. The Morgan fingerprint density at radius 2 is 1.84 bits per heavy atom. The summed E-state index contributed by atoms with van der Waals surface area (Å²) in [6.07, 6.45) is 0.793. The van der Waals surface area contributed by atoms with E-state index in [4.69, 9.17) is 14.2 Å². The second kappa shape index (κ2) is 7.91. The molecule has 1 saturated carbocycles. The van der Waals surface area contributed by atoms with Gasteiger partial charge in [-0.05, 0) is 18.4 Å². The van der Waals surface area contributed by atoms with Gasteiger partial charge in [0.1, 0.15) is 11.7 Å². The highest BCUT2D eigenvalue weighted by atomic mass is 79.9. The molecule has 5 nitrogen and oxygen atoms in total. The minimum Gasteiger partial charge on any atom is -0.503 e. The molecule has 3 unspecified atom stereocenters. The molecule has 0 aliphatic heterocycles. The van der Waals surface area contributed by atoms with Crippen LogP contribution in [0.5, 0.6) is 0 Å². The van der Waals surface area contributed by atoms with Gasteiger partial charge < -0.3 is 14.2 Å². The van der Waals surface area contributed by atoms with Crippen molar-refractivity contribution >= 4 is 49.4 Å². The Hall–Kier alpha value is -1.34. The van der Waals surface area contributed by atoms with Crippen LogP contribution in [0, 0.1) is 11.8 Å². The minimum atomic E-state index is -0.530. The van der Waals surface area contributed by atoms with Crippen LogP contribution >= 0.6 is 31.9 Å². The second-order valence-electron chi connectivity index (χ2n) is 5.87. The molecule has 1 fully saturated rings. The molecule has 1 aromatic carbocycles. The first-order valence-corrected chi connectivity index (χ1v) is 9.33. The van der Waals surface area contributed by atoms with E-state index in [0.717, 1.165) is 0 Å². The van der Waals surface area contributed by atoms with Crippen LogP contribution in [0.1, 0.15) is 31.1 Å². The van der Waals surface area contributed by atoms with Crippen molar-refractivity contribution in [3.63, 3.8) is 0 Å². The SMILES string of the molecule is COC=C(C(=O)OC)c1ccccc1C(C)OC(=O)C1C(C)C1(Br)Br. The topological polar surface area (TPSA) is 61.8 Å². The lowest BCUT2D eigenvalue weighted by atomic mass is 9.97. The first kappa shape index (κ1) is 20.0. The van der Waals surface area contributed by atoms with Crippen molar-refractivity contribution in [2.24, 2.45) is 11.8 Å². The van der Waals surface area contributed by atoms with Crippen molar-refractivity contribution in [1.82, 2.24) is 0 Å². The van der Waals surface area contributed by atoms with Crippen molar-refractivity contribution in [3.8, 4) is 0 Å². The highest BCUT2D eigenvalue weighted by Gasteiger charge is 2.64. The lowest BCUT2D eigenvalue weighted by Crippen LogP contribution is -2.15. The molecule has 0 N–H and O–H groups in total. The van der Waals surface area contributed by atoms with Crippen LogP contribution in [0.25, 0.3) is 5.57 Å². The van der Waals surface area contributed by atoms with Crippen molar-refractivity contribution in [3.05, 3.63) is 41.7 Å². The summed E-state index contributed by atoms with van der Waals surface area (Å²) in [6.45, 7) is 3.74. The van der Waals surface area contributed by atoms with Crippen LogP contribution < -0.4 is 0 Å². The average Bonchev–Trinajstić information content (AvgIpc) is 3.09. The van der Waals surface area contributed by atoms with E-state index in [9.17, 15) is 9.59 Å². The molecule has 7 heteroatoms. The number of rotatable bonds is 6. The number of carbonyl (C=O) groups excluding carboxylic acids is 2. The number of benzene rings is 1. The Morgan fingerprint density at radius 3 is 2.36 bits per heavy atom. The molecule has 0 saturated heterocycles. The summed E-state index contributed by atoms with van der Waals surface area (Å²) in [4.78, 5) is 24.5. The molecular formula is C18H20Br2O5. The van der Waals surface area contributed by atoms with Crippen molar-refractivity contribution in [2.75, 3.05) is 14.2 Å². The molecular weight excluding hydrogens is 456 g/mol. The standard InChI is InChI=1S/C18H20Br2O5/c1-10-15(18(10,19)20)17(22)25-11(2)12-7-5-6-8-13(12)14(9-23-3)16(21)24-4/h5-11,15H,1-4H3. The Morgan fingerprint density at radius 1 is 1.24 bits per heavy atom. The van der Waals surface area contributed by atoms with Gasteiger partial charge in [-0.3, -0.25) is 4.79 Å². The monoisotopic (exact) mass is 474 g/mol. The third kappa shape index (κ3) is 4.08. The van der Waals surface area contributed by atoms with Crippen LogP contribution in [0.4, 0.5) is 0 Å². The number of halogens is 2. The molecule has 136 valence electrons. The van der Waals surface area contributed by atoms with Gasteiger partial charge in [-0.25, -0.2) is 4.79 Å². The van der Waals surface area contributed by atoms with E-state index in [1.165, 1.54) is 20.5 Å². The van der Waals surface area contributed by atoms with Gasteiger partial charge >= 0.3 is 11.9 Å². The molecule has 1 aliphatic carbocycles. The normalized spacial score (nSPS) is 22.7. The van der Waals surface area contributed by atoms with Crippen LogP contribution in [0.3, 0.4) is 0 Å². The summed E-state index contributed by atoms with van der Waals surface area (Å²) in [5, 5.41) is 0. The van der Waals surface area contributed by atoms with Crippen LogP contribution in [0.15, 0.2) is 30.5 Å². The maximum Gasteiger partial charge on any atom is 0.341 e. The maximum absolute atomic E-state index is 12.4. The highest BCUT2D eigenvalue weighted by molar-refractivity contribution is 9.25. The Kier molecular flexibility index (Phi) is 6.32. The van der Waals surface area contributed by atoms with Crippen LogP contribution in [0.2, 0.25) is 0 Å². The molecule has 1 aromatic rings. The van der Waals surface area contributed by atoms with Gasteiger partial charge in [0.15, 0.2) is 0 Å². The summed E-state index contributed by atoms with van der Waals surface area (Å²) in [5.74, 6) is -0.930. The predicted octanol–water partition coefficient (Wildman–Crippen LogP) is 4.20. The van der Waals surface area contributed by atoms with E-state index >= 15 is 0 Å². The molecule has 25 heavy (non-hydrogen) atoms. The predicted molar refractivity (Wildman–Crippen MR) is 101 cm³/mol. The van der Waals surface area contributed by atoms with Gasteiger partial charge in [0, 0.05) is 5.56 Å². The van der Waals surface area contributed by atoms with E-state index in [2.05, 4.69) is 31.9 Å². The molecule has 2 rings (SSSR count). The van der Waals surface area contributed by atoms with Gasteiger partial charge in [-0.15, -0.1) is 0 Å².